The van der Waals surface area contributed by atoms with Gasteiger partial charge in [0.2, 0.25) is 5.91 Å². The smallest absolute Gasteiger partial charge is 0.266 e. The standard InChI is InChI=1S/C18H15ClN2O5S/c1-10(27(2,25)26)16(22)20-11-7-8-15(14(19)9-11)21-17(23)12-5-3-4-6-13(12)18(21)24/h3-10H,1-2H3,(H,20,22). The number of halogens is 1. The Hall–Kier alpha value is -2.71. The van der Waals surface area contributed by atoms with Gasteiger partial charge in [-0.3, -0.25) is 14.4 Å². The summed E-state index contributed by atoms with van der Waals surface area (Å²) in [6, 6.07) is 10.7. The van der Waals surface area contributed by atoms with Gasteiger partial charge in [-0.1, -0.05) is 23.7 Å². The summed E-state index contributed by atoms with van der Waals surface area (Å²) in [6.07, 6.45) is 0.968. The highest BCUT2D eigenvalue weighted by molar-refractivity contribution is 7.92. The van der Waals surface area contributed by atoms with E-state index in [-0.39, 0.29) is 27.5 Å². The van der Waals surface area contributed by atoms with Crippen molar-refractivity contribution in [2.45, 2.75) is 12.2 Å². The number of sulfone groups is 1. The molecule has 0 saturated carbocycles. The Morgan fingerprint density at radius 2 is 1.63 bits per heavy atom. The first-order valence-corrected chi connectivity index (χ1v) is 10.2. The number of benzene rings is 2. The van der Waals surface area contributed by atoms with Gasteiger partial charge in [0.15, 0.2) is 9.84 Å². The summed E-state index contributed by atoms with van der Waals surface area (Å²) in [7, 11) is -3.54. The predicted molar refractivity (Wildman–Crippen MR) is 102 cm³/mol. The second kappa shape index (κ2) is 6.79. The van der Waals surface area contributed by atoms with Gasteiger partial charge < -0.3 is 5.32 Å². The third kappa shape index (κ3) is 3.45. The van der Waals surface area contributed by atoms with Crippen LogP contribution in [0, 0.1) is 0 Å². The summed E-state index contributed by atoms with van der Waals surface area (Å²) < 4.78 is 22.9. The van der Waals surface area contributed by atoms with Crippen molar-refractivity contribution in [3.63, 3.8) is 0 Å². The van der Waals surface area contributed by atoms with Gasteiger partial charge in [0.25, 0.3) is 11.8 Å². The van der Waals surface area contributed by atoms with Crippen LogP contribution in [0.25, 0.3) is 0 Å². The molecule has 0 spiro atoms. The number of fused-ring (bicyclic) bond motifs is 1. The molecule has 1 aliphatic rings. The first kappa shape index (κ1) is 19.1. The summed E-state index contributed by atoms with van der Waals surface area (Å²) in [5, 5.41) is 1.29. The fourth-order valence-electron chi connectivity index (χ4n) is 2.61. The molecule has 1 atom stereocenters. The molecule has 0 aliphatic carbocycles. The molecule has 0 saturated heterocycles. The maximum absolute atomic E-state index is 12.5. The van der Waals surface area contributed by atoms with Gasteiger partial charge in [0, 0.05) is 11.9 Å². The summed E-state index contributed by atoms with van der Waals surface area (Å²) >= 11 is 6.22. The number of carbonyl (C=O) groups excluding carboxylic acids is 3. The first-order valence-electron chi connectivity index (χ1n) is 7.88. The van der Waals surface area contributed by atoms with E-state index >= 15 is 0 Å². The largest absolute Gasteiger partial charge is 0.325 e. The van der Waals surface area contributed by atoms with Crippen molar-refractivity contribution in [3.05, 3.63) is 58.6 Å². The Labute approximate surface area is 160 Å². The minimum atomic E-state index is -3.54. The van der Waals surface area contributed by atoms with Crippen LogP contribution in [0.5, 0.6) is 0 Å². The Bertz CT molecular complexity index is 1050. The highest BCUT2D eigenvalue weighted by Gasteiger charge is 2.37. The van der Waals surface area contributed by atoms with Crippen LogP contribution in [-0.4, -0.2) is 37.6 Å². The second-order valence-corrected chi connectivity index (χ2v) is 8.89. The van der Waals surface area contributed by atoms with E-state index in [1.54, 1.807) is 24.3 Å². The second-order valence-electron chi connectivity index (χ2n) is 6.12. The molecule has 1 heterocycles. The van der Waals surface area contributed by atoms with Crippen LogP contribution in [0.4, 0.5) is 11.4 Å². The summed E-state index contributed by atoms with van der Waals surface area (Å²) in [4.78, 5) is 38.0. The molecule has 2 aromatic rings. The average molecular weight is 407 g/mol. The van der Waals surface area contributed by atoms with E-state index in [0.29, 0.717) is 0 Å². The van der Waals surface area contributed by atoms with Crippen LogP contribution in [0.15, 0.2) is 42.5 Å². The van der Waals surface area contributed by atoms with Crippen LogP contribution in [0.1, 0.15) is 27.6 Å². The number of imide groups is 1. The quantitative estimate of drug-likeness (QED) is 0.786. The van der Waals surface area contributed by atoms with E-state index in [2.05, 4.69) is 5.32 Å². The monoisotopic (exact) mass is 406 g/mol. The van der Waals surface area contributed by atoms with Crippen LogP contribution in [-0.2, 0) is 14.6 Å². The number of amides is 3. The normalized spacial score (nSPS) is 14.9. The van der Waals surface area contributed by atoms with Crippen LogP contribution < -0.4 is 10.2 Å². The molecule has 3 rings (SSSR count). The summed E-state index contributed by atoms with van der Waals surface area (Å²) in [5.74, 6) is -1.68. The Morgan fingerprint density at radius 3 is 2.11 bits per heavy atom. The average Bonchev–Trinajstić information content (AvgIpc) is 2.85. The topological polar surface area (TPSA) is 101 Å². The van der Waals surface area contributed by atoms with Gasteiger partial charge in [-0.05, 0) is 37.3 Å². The minimum absolute atomic E-state index is 0.0642. The molecular formula is C18H15ClN2O5S. The SMILES string of the molecule is CC(C(=O)Nc1ccc(N2C(=O)c3ccccc3C2=O)c(Cl)c1)S(C)(=O)=O. The van der Waals surface area contributed by atoms with Gasteiger partial charge in [-0.25, -0.2) is 13.3 Å². The minimum Gasteiger partial charge on any atom is -0.325 e. The van der Waals surface area contributed by atoms with Crippen molar-refractivity contribution in [3.8, 4) is 0 Å². The van der Waals surface area contributed by atoms with Gasteiger partial charge in [-0.2, -0.15) is 0 Å². The van der Waals surface area contributed by atoms with Crippen LogP contribution in [0.2, 0.25) is 5.02 Å². The van der Waals surface area contributed by atoms with E-state index < -0.39 is 32.8 Å². The lowest BCUT2D eigenvalue weighted by atomic mass is 10.1. The maximum atomic E-state index is 12.5. The fourth-order valence-corrected chi connectivity index (χ4v) is 3.33. The molecule has 27 heavy (non-hydrogen) atoms. The molecule has 0 aromatic heterocycles. The molecule has 2 aromatic carbocycles. The van der Waals surface area contributed by atoms with E-state index in [4.69, 9.17) is 11.6 Å². The summed E-state index contributed by atoms with van der Waals surface area (Å²) in [6.45, 7) is 1.28. The van der Waals surface area contributed by atoms with Crippen molar-refractivity contribution in [1.29, 1.82) is 0 Å². The number of carbonyl (C=O) groups is 3. The fraction of sp³-hybridized carbons (Fsp3) is 0.167. The number of nitrogens with zero attached hydrogens (tertiary/aromatic N) is 1. The number of anilines is 2. The molecule has 0 radical (unpaired) electrons. The molecule has 0 fully saturated rings. The number of nitrogens with one attached hydrogen (secondary N) is 1. The Balaban J connectivity index is 1.88. The third-order valence-electron chi connectivity index (χ3n) is 4.26. The summed E-state index contributed by atoms with van der Waals surface area (Å²) in [5.41, 5.74) is 1.01. The van der Waals surface area contributed by atoms with Crippen molar-refractivity contribution in [1.82, 2.24) is 0 Å². The van der Waals surface area contributed by atoms with Gasteiger partial charge in [0.05, 0.1) is 21.8 Å². The molecule has 7 nitrogen and oxygen atoms in total. The number of hydrogen-bond donors (Lipinski definition) is 1. The van der Waals surface area contributed by atoms with Crippen molar-refractivity contribution >= 4 is 50.5 Å². The molecule has 140 valence electrons. The van der Waals surface area contributed by atoms with E-state index in [9.17, 15) is 22.8 Å². The zero-order valence-electron chi connectivity index (χ0n) is 14.4. The lowest BCUT2D eigenvalue weighted by Crippen LogP contribution is -2.32. The lowest BCUT2D eigenvalue weighted by molar-refractivity contribution is -0.115. The van der Waals surface area contributed by atoms with E-state index in [1.165, 1.54) is 25.1 Å². The van der Waals surface area contributed by atoms with E-state index in [1.807, 2.05) is 0 Å². The van der Waals surface area contributed by atoms with Gasteiger partial charge in [-0.15, -0.1) is 0 Å². The van der Waals surface area contributed by atoms with E-state index in [0.717, 1.165) is 11.2 Å². The zero-order valence-corrected chi connectivity index (χ0v) is 16.0. The van der Waals surface area contributed by atoms with Crippen LogP contribution >= 0.6 is 11.6 Å². The highest BCUT2D eigenvalue weighted by Crippen LogP contribution is 2.34. The third-order valence-corrected chi connectivity index (χ3v) is 6.06. The molecular weight excluding hydrogens is 392 g/mol. The molecule has 3 amide bonds. The van der Waals surface area contributed by atoms with Crippen molar-refractivity contribution in [2.24, 2.45) is 0 Å². The van der Waals surface area contributed by atoms with Crippen LogP contribution in [0.3, 0.4) is 0 Å². The molecule has 1 aliphatic heterocycles. The number of hydrogen-bond acceptors (Lipinski definition) is 5. The van der Waals surface area contributed by atoms with Crippen molar-refractivity contribution < 1.29 is 22.8 Å². The molecule has 1 N–H and O–H groups in total. The lowest BCUT2D eigenvalue weighted by Gasteiger charge is -2.17. The number of rotatable bonds is 4. The molecule has 9 heteroatoms. The van der Waals surface area contributed by atoms with Gasteiger partial charge in [0.1, 0.15) is 5.25 Å². The zero-order chi connectivity index (χ0) is 19.9. The molecule has 0 bridgehead atoms. The van der Waals surface area contributed by atoms with Crippen molar-refractivity contribution in [2.75, 3.05) is 16.5 Å². The van der Waals surface area contributed by atoms with Gasteiger partial charge >= 0.3 is 0 Å². The maximum Gasteiger partial charge on any atom is 0.266 e. The highest BCUT2D eigenvalue weighted by atomic mass is 35.5. The first-order chi connectivity index (χ1) is 12.6. The predicted octanol–water partition coefficient (Wildman–Crippen LogP) is 2.51. The Morgan fingerprint density at radius 1 is 1.07 bits per heavy atom. The molecule has 1 unspecified atom stereocenters. The Kier molecular flexibility index (Phi) is 4.79.